The van der Waals surface area contributed by atoms with E-state index in [1.165, 1.54) is 0 Å². The Balaban J connectivity index is 2.05. The summed E-state index contributed by atoms with van der Waals surface area (Å²) in [6.07, 6.45) is 3.67. The van der Waals surface area contributed by atoms with Gasteiger partial charge < -0.3 is 19.5 Å². The molecule has 0 radical (unpaired) electrons. The Morgan fingerprint density at radius 2 is 2.05 bits per heavy atom. The molecule has 0 aromatic carbocycles. The zero-order valence-electron chi connectivity index (χ0n) is 13.4. The van der Waals surface area contributed by atoms with Crippen LogP contribution in [-0.2, 0) is 4.79 Å². The van der Waals surface area contributed by atoms with Gasteiger partial charge in [-0.25, -0.2) is 0 Å². The Hall–Kier alpha value is -1.82. The number of pyridine rings is 1. The van der Waals surface area contributed by atoms with Crippen LogP contribution in [0, 0.1) is 0 Å². The summed E-state index contributed by atoms with van der Waals surface area (Å²) in [5, 5.41) is 3.29. The lowest BCUT2D eigenvalue weighted by Gasteiger charge is -2.25. The Kier molecular flexibility index (Phi) is 6.00. The molecule has 2 rings (SSSR count). The fraction of sp³-hybridized carbons (Fsp3) is 0.625. The summed E-state index contributed by atoms with van der Waals surface area (Å²) in [5.74, 6) is 0.156. The van der Waals surface area contributed by atoms with Crippen LogP contribution in [0.2, 0.25) is 0 Å². The summed E-state index contributed by atoms with van der Waals surface area (Å²) in [5.41, 5.74) is -0.151. The van der Waals surface area contributed by atoms with Crippen molar-refractivity contribution in [3.63, 3.8) is 0 Å². The lowest BCUT2D eigenvalue weighted by atomic mass is 10.1. The maximum absolute atomic E-state index is 12.5. The number of amides is 1. The Morgan fingerprint density at radius 3 is 2.68 bits per heavy atom. The Bertz CT molecular complexity index is 546. The molecular formula is C16H25N3O3. The van der Waals surface area contributed by atoms with Crippen LogP contribution in [0.25, 0.3) is 0 Å². The van der Waals surface area contributed by atoms with Gasteiger partial charge in [-0.2, -0.15) is 0 Å². The highest BCUT2D eigenvalue weighted by Gasteiger charge is 2.18. The number of hydrogen-bond donors (Lipinski definition) is 1. The minimum Gasteiger partial charge on any atom is -0.478 e. The highest BCUT2D eigenvalue weighted by atomic mass is 16.5. The van der Waals surface area contributed by atoms with Crippen molar-refractivity contribution < 1.29 is 9.53 Å². The molecule has 122 valence electrons. The quantitative estimate of drug-likeness (QED) is 0.852. The van der Waals surface area contributed by atoms with Crippen LogP contribution in [0.4, 0.5) is 0 Å². The number of carbonyl (C=O) groups excluding carboxylic acids is 1. The van der Waals surface area contributed by atoms with Crippen molar-refractivity contribution in [2.24, 2.45) is 0 Å². The molecule has 0 aliphatic carbocycles. The van der Waals surface area contributed by atoms with Gasteiger partial charge in [0.2, 0.25) is 0 Å². The Morgan fingerprint density at radius 1 is 1.36 bits per heavy atom. The second-order valence-electron chi connectivity index (χ2n) is 5.42. The minimum atomic E-state index is -0.151. The summed E-state index contributed by atoms with van der Waals surface area (Å²) in [7, 11) is 0. The van der Waals surface area contributed by atoms with Gasteiger partial charge in [-0.15, -0.1) is 0 Å². The number of piperidine rings is 1. The summed E-state index contributed by atoms with van der Waals surface area (Å²) in [4.78, 5) is 26.1. The second kappa shape index (κ2) is 7.98. The largest absolute Gasteiger partial charge is 0.478 e. The molecule has 1 aliphatic heterocycles. The van der Waals surface area contributed by atoms with Crippen LogP contribution >= 0.6 is 0 Å². The van der Waals surface area contributed by atoms with E-state index < -0.39 is 0 Å². The predicted octanol–water partition coefficient (Wildman–Crippen LogP) is 1.02. The molecule has 1 saturated heterocycles. The molecule has 1 aromatic heterocycles. The van der Waals surface area contributed by atoms with E-state index in [1.807, 2.05) is 13.8 Å². The monoisotopic (exact) mass is 307 g/mol. The van der Waals surface area contributed by atoms with Crippen molar-refractivity contribution in [2.75, 3.05) is 32.8 Å². The molecule has 6 heteroatoms. The molecule has 0 atom stereocenters. The third-order valence-corrected chi connectivity index (χ3v) is 4.11. The van der Waals surface area contributed by atoms with Gasteiger partial charge in [-0.3, -0.25) is 9.59 Å². The SMILES string of the molecule is CCN(CC)C(=O)COc1cccn(C2CCNCC2)c1=O. The molecule has 0 saturated carbocycles. The van der Waals surface area contributed by atoms with Crippen LogP contribution in [0.1, 0.15) is 32.7 Å². The van der Waals surface area contributed by atoms with Crippen LogP contribution in [0.3, 0.4) is 0 Å². The molecular weight excluding hydrogens is 282 g/mol. The summed E-state index contributed by atoms with van der Waals surface area (Å²) in [6.45, 7) is 6.89. The molecule has 1 amide bonds. The first kappa shape index (κ1) is 16.5. The van der Waals surface area contributed by atoms with Crippen molar-refractivity contribution in [3.8, 4) is 5.75 Å². The van der Waals surface area contributed by atoms with Crippen LogP contribution < -0.4 is 15.6 Å². The maximum Gasteiger partial charge on any atom is 0.293 e. The van der Waals surface area contributed by atoms with Crippen LogP contribution in [-0.4, -0.2) is 48.2 Å². The normalized spacial score (nSPS) is 15.5. The summed E-state index contributed by atoms with van der Waals surface area (Å²) >= 11 is 0. The van der Waals surface area contributed by atoms with Crippen molar-refractivity contribution in [2.45, 2.75) is 32.7 Å². The van der Waals surface area contributed by atoms with Gasteiger partial charge in [0.1, 0.15) is 0 Å². The first-order valence-corrected chi connectivity index (χ1v) is 7.99. The summed E-state index contributed by atoms with van der Waals surface area (Å²) in [6, 6.07) is 3.64. The average molecular weight is 307 g/mol. The van der Waals surface area contributed by atoms with Crippen molar-refractivity contribution in [1.82, 2.24) is 14.8 Å². The van der Waals surface area contributed by atoms with Gasteiger partial charge in [0, 0.05) is 25.3 Å². The first-order valence-electron chi connectivity index (χ1n) is 7.99. The molecule has 22 heavy (non-hydrogen) atoms. The van der Waals surface area contributed by atoms with E-state index in [-0.39, 0.29) is 29.9 Å². The third kappa shape index (κ3) is 3.88. The van der Waals surface area contributed by atoms with E-state index in [2.05, 4.69) is 5.32 Å². The standard InChI is InChI=1S/C16H25N3O3/c1-3-18(4-2)15(20)12-22-14-6-5-11-19(16(14)21)13-7-9-17-10-8-13/h5-6,11,13,17H,3-4,7-10,12H2,1-2H3. The molecule has 0 unspecified atom stereocenters. The van der Waals surface area contributed by atoms with Gasteiger partial charge in [0.25, 0.3) is 11.5 Å². The van der Waals surface area contributed by atoms with Crippen molar-refractivity contribution in [1.29, 1.82) is 0 Å². The zero-order valence-corrected chi connectivity index (χ0v) is 13.4. The highest BCUT2D eigenvalue weighted by Crippen LogP contribution is 2.17. The molecule has 0 spiro atoms. The number of aromatic nitrogens is 1. The number of nitrogens with one attached hydrogen (secondary N) is 1. The van der Waals surface area contributed by atoms with Crippen LogP contribution in [0.15, 0.2) is 23.1 Å². The van der Waals surface area contributed by atoms with Crippen molar-refractivity contribution >= 4 is 5.91 Å². The number of nitrogens with zero attached hydrogens (tertiary/aromatic N) is 2. The number of hydrogen-bond acceptors (Lipinski definition) is 4. The van der Waals surface area contributed by atoms with E-state index in [9.17, 15) is 9.59 Å². The molecule has 2 heterocycles. The summed E-state index contributed by atoms with van der Waals surface area (Å²) < 4.78 is 7.21. The van der Waals surface area contributed by atoms with Crippen LogP contribution in [0.5, 0.6) is 5.75 Å². The Labute approximate surface area is 131 Å². The first-order chi connectivity index (χ1) is 10.7. The van der Waals surface area contributed by atoms with Gasteiger partial charge in [-0.1, -0.05) is 0 Å². The molecule has 1 aromatic rings. The fourth-order valence-corrected chi connectivity index (χ4v) is 2.78. The third-order valence-electron chi connectivity index (χ3n) is 4.11. The maximum atomic E-state index is 12.5. The van der Waals surface area contributed by atoms with Crippen molar-refractivity contribution in [3.05, 3.63) is 28.7 Å². The molecule has 1 N–H and O–H groups in total. The van der Waals surface area contributed by atoms with E-state index >= 15 is 0 Å². The molecule has 0 bridgehead atoms. The molecule has 1 fully saturated rings. The van der Waals surface area contributed by atoms with Gasteiger partial charge in [0.05, 0.1) is 0 Å². The highest BCUT2D eigenvalue weighted by molar-refractivity contribution is 5.77. The van der Waals surface area contributed by atoms with E-state index in [4.69, 9.17) is 4.74 Å². The topological polar surface area (TPSA) is 63.6 Å². The molecule has 6 nitrogen and oxygen atoms in total. The predicted molar refractivity (Wildman–Crippen MR) is 85.3 cm³/mol. The smallest absolute Gasteiger partial charge is 0.293 e. The van der Waals surface area contributed by atoms with E-state index in [0.717, 1.165) is 25.9 Å². The van der Waals surface area contributed by atoms with E-state index in [1.54, 1.807) is 27.8 Å². The average Bonchev–Trinajstić information content (AvgIpc) is 2.56. The fourth-order valence-electron chi connectivity index (χ4n) is 2.78. The van der Waals surface area contributed by atoms with Gasteiger partial charge in [-0.05, 0) is 51.9 Å². The number of carbonyl (C=O) groups is 1. The molecule has 1 aliphatic rings. The zero-order chi connectivity index (χ0) is 15.9. The van der Waals surface area contributed by atoms with E-state index in [0.29, 0.717) is 13.1 Å². The van der Waals surface area contributed by atoms with Gasteiger partial charge >= 0.3 is 0 Å². The number of likely N-dealkylation sites (N-methyl/N-ethyl adjacent to an activating group) is 1. The lowest BCUT2D eigenvalue weighted by Crippen LogP contribution is -2.36. The lowest BCUT2D eigenvalue weighted by molar-refractivity contribution is -0.133. The van der Waals surface area contributed by atoms with Gasteiger partial charge in [0.15, 0.2) is 12.4 Å². The minimum absolute atomic E-state index is 0.0901. The second-order valence-corrected chi connectivity index (χ2v) is 5.42. The number of rotatable bonds is 6. The number of ether oxygens (including phenoxy) is 1.